The first-order chi connectivity index (χ1) is 13.4. The summed E-state index contributed by atoms with van der Waals surface area (Å²) in [5, 5.41) is 0. The molecule has 1 aromatic carbocycles. The van der Waals surface area contributed by atoms with Gasteiger partial charge in [-0.05, 0) is 68.0 Å². The predicted octanol–water partition coefficient (Wildman–Crippen LogP) is 2.42. The van der Waals surface area contributed by atoms with Crippen LogP contribution in [-0.4, -0.2) is 54.7 Å². The van der Waals surface area contributed by atoms with Crippen LogP contribution in [-0.2, 0) is 22.9 Å². The monoisotopic (exact) mass is 399 g/mol. The van der Waals surface area contributed by atoms with Crippen molar-refractivity contribution in [1.82, 2.24) is 14.2 Å². The molecule has 2 aromatic rings. The van der Waals surface area contributed by atoms with Crippen LogP contribution in [0.25, 0.3) is 0 Å². The third-order valence-corrected chi connectivity index (χ3v) is 7.49. The highest BCUT2D eigenvalue weighted by Gasteiger charge is 2.31. The smallest absolute Gasteiger partial charge is 0.272 e. The lowest BCUT2D eigenvalue weighted by Gasteiger charge is -2.34. The molecule has 148 valence electrons. The maximum Gasteiger partial charge on any atom is 0.272 e. The van der Waals surface area contributed by atoms with E-state index in [1.165, 1.54) is 16.3 Å². The highest BCUT2D eigenvalue weighted by atomic mass is 32.2. The summed E-state index contributed by atoms with van der Waals surface area (Å²) in [5.41, 5.74) is 3.63. The molecule has 28 heavy (non-hydrogen) atoms. The van der Waals surface area contributed by atoms with Crippen LogP contribution in [0.2, 0.25) is 0 Å². The number of aromatic nitrogens is 1. The average molecular weight is 400 g/mol. The maximum atomic E-state index is 13.1. The van der Waals surface area contributed by atoms with Crippen molar-refractivity contribution < 1.29 is 13.2 Å². The number of benzene rings is 1. The van der Waals surface area contributed by atoms with Crippen LogP contribution in [0.5, 0.6) is 0 Å². The molecule has 2 heterocycles. The van der Waals surface area contributed by atoms with Gasteiger partial charge in [0.2, 0.25) is 10.0 Å². The summed E-state index contributed by atoms with van der Waals surface area (Å²) in [6.45, 7) is 3.20. The van der Waals surface area contributed by atoms with E-state index in [0.717, 1.165) is 30.5 Å². The first kappa shape index (κ1) is 19.1. The molecule has 1 aliphatic heterocycles. The van der Waals surface area contributed by atoms with Gasteiger partial charge in [0.1, 0.15) is 5.69 Å². The predicted molar refractivity (Wildman–Crippen MR) is 107 cm³/mol. The van der Waals surface area contributed by atoms with E-state index in [-0.39, 0.29) is 5.91 Å². The molecule has 0 bridgehead atoms. The van der Waals surface area contributed by atoms with Gasteiger partial charge in [-0.2, -0.15) is 4.31 Å². The number of carbonyl (C=O) groups is 1. The van der Waals surface area contributed by atoms with E-state index in [1.54, 1.807) is 17.0 Å². The number of pyridine rings is 1. The highest BCUT2D eigenvalue weighted by Crippen LogP contribution is 2.26. The molecule has 1 saturated heterocycles. The molecule has 4 rings (SSSR count). The van der Waals surface area contributed by atoms with Gasteiger partial charge in [-0.15, -0.1) is 0 Å². The van der Waals surface area contributed by atoms with Crippen molar-refractivity contribution in [3.63, 3.8) is 0 Å². The van der Waals surface area contributed by atoms with Crippen LogP contribution < -0.4 is 0 Å². The van der Waals surface area contributed by atoms with Crippen LogP contribution in [0.4, 0.5) is 0 Å². The SMILES string of the molecule is Cc1cccc(C(=O)N2CCN(S(=O)(=O)c3ccc4c(c3)CCCC4)CC2)n1. The topological polar surface area (TPSA) is 70.6 Å². The quantitative estimate of drug-likeness (QED) is 0.795. The molecule has 6 nitrogen and oxygen atoms in total. The zero-order valence-electron chi connectivity index (χ0n) is 16.1. The second-order valence-corrected chi connectivity index (χ2v) is 9.44. The molecule has 0 spiro atoms. The maximum absolute atomic E-state index is 13.1. The van der Waals surface area contributed by atoms with Crippen molar-refractivity contribution in [2.45, 2.75) is 37.5 Å². The Hall–Kier alpha value is -2.25. The molecule has 7 heteroatoms. The fourth-order valence-corrected chi connectivity index (χ4v) is 5.45. The molecular formula is C21H25N3O3S. The highest BCUT2D eigenvalue weighted by molar-refractivity contribution is 7.89. The van der Waals surface area contributed by atoms with Gasteiger partial charge in [0, 0.05) is 31.9 Å². The molecule has 0 atom stereocenters. The summed E-state index contributed by atoms with van der Waals surface area (Å²) in [4.78, 5) is 19.0. The molecule has 0 radical (unpaired) electrons. The number of fused-ring (bicyclic) bond motifs is 1. The third-order valence-electron chi connectivity index (χ3n) is 5.59. The summed E-state index contributed by atoms with van der Waals surface area (Å²) >= 11 is 0. The van der Waals surface area contributed by atoms with Crippen molar-refractivity contribution >= 4 is 15.9 Å². The van der Waals surface area contributed by atoms with Gasteiger partial charge in [0.05, 0.1) is 4.90 Å². The first-order valence-corrected chi connectivity index (χ1v) is 11.2. The van der Waals surface area contributed by atoms with E-state index in [2.05, 4.69) is 4.98 Å². The standard InChI is InChI=1S/C21H25N3O3S/c1-16-5-4-8-20(22-16)21(25)23-11-13-24(14-12-23)28(26,27)19-10-9-17-6-2-3-7-18(17)15-19/h4-5,8-10,15H,2-3,6-7,11-14H2,1H3. The van der Waals surface area contributed by atoms with Crippen LogP contribution in [0.1, 0.15) is 40.2 Å². The molecule has 1 amide bonds. The van der Waals surface area contributed by atoms with E-state index >= 15 is 0 Å². The zero-order valence-corrected chi connectivity index (χ0v) is 16.9. The second kappa shape index (κ2) is 7.64. The Morgan fingerprint density at radius 1 is 0.964 bits per heavy atom. The van der Waals surface area contributed by atoms with E-state index in [0.29, 0.717) is 36.8 Å². The van der Waals surface area contributed by atoms with Gasteiger partial charge in [-0.1, -0.05) is 12.1 Å². The number of amides is 1. The number of rotatable bonds is 3. The Bertz CT molecular complexity index is 996. The number of hydrogen-bond acceptors (Lipinski definition) is 4. The van der Waals surface area contributed by atoms with Crippen molar-refractivity contribution in [3.8, 4) is 0 Å². The third kappa shape index (κ3) is 3.69. The fourth-order valence-electron chi connectivity index (χ4n) is 3.98. The Balaban J connectivity index is 1.46. The number of sulfonamides is 1. The summed E-state index contributed by atoms with van der Waals surface area (Å²) in [6.07, 6.45) is 4.27. The molecule has 1 fully saturated rings. The second-order valence-electron chi connectivity index (χ2n) is 7.50. The van der Waals surface area contributed by atoms with Crippen LogP contribution in [0.3, 0.4) is 0 Å². The Morgan fingerprint density at radius 2 is 1.68 bits per heavy atom. The van der Waals surface area contributed by atoms with Gasteiger partial charge in [0.15, 0.2) is 0 Å². The number of hydrogen-bond donors (Lipinski definition) is 0. The van der Waals surface area contributed by atoms with E-state index < -0.39 is 10.0 Å². The fraction of sp³-hybridized carbons (Fsp3) is 0.429. The van der Waals surface area contributed by atoms with E-state index in [1.807, 2.05) is 31.2 Å². The Morgan fingerprint density at radius 3 is 2.39 bits per heavy atom. The lowest BCUT2D eigenvalue weighted by molar-refractivity contribution is 0.0691. The average Bonchev–Trinajstić information content (AvgIpc) is 2.73. The van der Waals surface area contributed by atoms with Crippen LogP contribution in [0, 0.1) is 6.92 Å². The molecule has 1 aliphatic carbocycles. The number of nitrogens with zero attached hydrogens (tertiary/aromatic N) is 3. The molecule has 2 aliphatic rings. The molecule has 0 unspecified atom stereocenters. The van der Waals surface area contributed by atoms with Gasteiger partial charge < -0.3 is 4.90 Å². The lowest BCUT2D eigenvalue weighted by atomic mass is 9.92. The first-order valence-electron chi connectivity index (χ1n) is 9.80. The molecule has 0 N–H and O–H groups in total. The largest absolute Gasteiger partial charge is 0.335 e. The number of carbonyl (C=O) groups excluding carboxylic acids is 1. The van der Waals surface area contributed by atoms with Crippen molar-refractivity contribution in [3.05, 3.63) is 58.9 Å². The van der Waals surface area contributed by atoms with Gasteiger partial charge in [0.25, 0.3) is 5.91 Å². The zero-order chi connectivity index (χ0) is 19.7. The lowest BCUT2D eigenvalue weighted by Crippen LogP contribution is -2.50. The van der Waals surface area contributed by atoms with Crippen LogP contribution in [0.15, 0.2) is 41.3 Å². The minimum absolute atomic E-state index is 0.144. The van der Waals surface area contributed by atoms with Crippen molar-refractivity contribution in [1.29, 1.82) is 0 Å². The Labute approximate surface area is 166 Å². The van der Waals surface area contributed by atoms with Gasteiger partial charge >= 0.3 is 0 Å². The van der Waals surface area contributed by atoms with E-state index in [4.69, 9.17) is 0 Å². The molecular weight excluding hydrogens is 374 g/mol. The minimum Gasteiger partial charge on any atom is -0.335 e. The number of piperazine rings is 1. The van der Waals surface area contributed by atoms with Crippen LogP contribution >= 0.6 is 0 Å². The minimum atomic E-state index is -3.54. The Kier molecular flexibility index (Phi) is 5.21. The summed E-state index contributed by atoms with van der Waals surface area (Å²) in [7, 11) is -3.54. The summed E-state index contributed by atoms with van der Waals surface area (Å²) in [5.74, 6) is -0.144. The van der Waals surface area contributed by atoms with Crippen molar-refractivity contribution in [2.24, 2.45) is 0 Å². The van der Waals surface area contributed by atoms with Gasteiger partial charge in [-0.25, -0.2) is 13.4 Å². The van der Waals surface area contributed by atoms with Gasteiger partial charge in [-0.3, -0.25) is 4.79 Å². The molecule has 1 aromatic heterocycles. The summed E-state index contributed by atoms with van der Waals surface area (Å²) < 4.78 is 27.6. The van der Waals surface area contributed by atoms with Crippen molar-refractivity contribution in [2.75, 3.05) is 26.2 Å². The normalized spacial score (nSPS) is 18.0. The number of aryl methyl sites for hydroxylation is 3. The summed E-state index contributed by atoms with van der Waals surface area (Å²) in [6, 6.07) is 10.9. The molecule has 0 saturated carbocycles. The van der Waals surface area contributed by atoms with E-state index in [9.17, 15) is 13.2 Å².